The van der Waals surface area contributed by atoms with Crippen LogP contribution in [0.3, 0.4) is 0 Å². The van der Waals surface area contributed by atoms with Gasteiger partial charge in [-0.1, -0.05) is 26.0 Å². The van der Waals surface area contributed by atoms with Crippen LogP contribution in [-0.4, -0.2) is 29.6 Å². The molecule has 2 nitrogen and oxygen atoms in total. The Morgan fingerprint density at radius 2 is 1.95 bits per heavy atom. The molecule has 5 rings (SSSR count). The number of piperidine rings is 3. The molecular weight excluding hydrogens is 265 g/mol. The lowest BCUT2D eigenvalue weighted by Gasteiger charge is -2.54. The molecule has 114 valence electrons. The molecule has 2 unspecified atom stereocenters. The summed E-state index contributed by atoms with van der Waals surface area (Å²) in [7, 11) is 0. The Balaban J connectivity index is 1.84. The summed E-state index contributed by atoms with van der Waals surface area (Å²) in [6.45, 7) is 7.48. The number of hydrogen-bond acceptors (Lipinski definition) is 2. The van der Waals surface area contributed by atoms with Crippen molar-refractivity contribution in [1.82, 2.24) is 4.90 Å². The van der Waals surface area contributed by atoms with E-state index >= 15 is 0 Å². The van der Waals surface area contributed by atoms with E-state index in [4.69, 9.17) is 0 Å². The monoisotopic (exact) mass is 289 g/mol. The van der Waals surface area contributed by atoms with Crippen molar-refractivity contribution < 1.29 is 9.50 Å². The summed E-state index contributed by atoms with van der Waals surface area (Å²) < 4.78 is 14.2. The lowest BCUT2D eigenvalue weighted by molar-refractivity contribution is -0.157. The van der Waals surface area contributed by atoms with Gasteiger partial charge in [0.15, 0.2) is 0 Å². The molecule has 1 aromatic rings. The van der Waals surface area contributed by atoms with Crippen molar-refractivity contribution in [2.45, 2.75) is 38.7 Å². The molecule has 1 aromatic carbocycles. The van der Waals surface area contributed by atoms with Gasteiger partial charge in [-0.15, -0.1) is 0 Å². The maximum Gasteiger partial charge on any atom is 0.126 e. The highest BCUT2D eigenvalue weighted by atomic mass is 19.1. The fourth-order valence-corrected chi connectivity index (χ4v) is 5.18. The Morgan fingerprint density at radius 3 is 2.57 bits per heavy atom. The standard InChI is InChI=1S/C18H24FNO/c1-17(2)10-13-14(4-3-5-16(13)19)18(17,21)15-11-20-8-6-12(15)7-9-20/h3-5,12,15,21H,6-11H2,1-2H3. The van der Waals surface area contributed by atoms with Crippen LogP contribution >= 0.6 is 0 Å². The van der Waals surface area contributed by atoms with Crippen LogP contribution in [0.2, 0.25) is 0 Å². The second kappa shape index (κ2) is 4.30. The molecule has 0 saturated carbocycles. The first kappa shape index (κ1) is 13.7. The molecule has 3 heterocycles. The van der Waals surface area contributed by atoms with E-state index in [0.717, 1.165) is 30.8 Å². The van der Waals surface area contributed by atoms with Crippen LogP contribution in [0, 0.1) is 23.1 Å². The molecule has 0 aromatic heterocycles. The molecule has 1 aliphatic carbocycles. The van der Waals surface area contributed by atoms with Crippen LogP contribution < -0.4 is 0 Å². The highest BCUT2D eigenvalue weighted by Gasteiger charge is 2.59. The summed E-state index contributed by atoms with van der Waals surface area (Å²) >= 11 is 0. The van der Waals surface area contributed by atoms with Gasteiger partial charge in [-0.05, 0) is 55.5 Å². The molecule has 0 amide bonds. The fraction of sp³-hybridized carbons (Fsp3) is 0.667. The lowest BCUT2D eigenvalue weighted by Crippen LogP contribution is -2.58. The van der Waals surface area contributed by atoms with Crippen molar-refractivity contribution in [2.75, 3.05) is 19.6 Å². The predicted octanol–water partition coefficient (Wildman–Crippen LogP) is 2.94. The zero-order valence-corrected chi connectivity index (χ0v) is 12.9. The molecule has 0 radical (unpaired) electrons. The van der Waals surface area contributed by atoms with Crippen molar-refractivity contribution >= 4 is 0 Å². The second-order valence-corrected chi connectivity index (χ2v) is 7.84. The maximum absolute atomic E-state index is 14.2. The number of benzene rings is 1. The van der Waals surface area contributed by atoms with Gasteiger partial charge in [0.2, 0.25) is 0 Å². The normalized spacial score (nSPS) is 40.3. The average Bonchev–Trinajstić information content (AvgIpc) is 2.70. The van der Waals surface area contributed by atoms with Crippen molar-refractivity contribution in [3.8, 4) is 0 Å². The van der Waals surface area contributed by atoms with Gasteiger partial charge in [0.25, 0.3) is 0 Å². The summed E-state index contributed by atoms with van der Waals surface area (Å²) in [6.07, 6.45) is 2.98. The number of aliphatic hydroxyl groups is 1. The zero-order chi connectivity index (χ0) is 14.8. The summed E-state index contributed by atoms with van der Waals surface area (Å²) in [6, 6.07) is 5.23. The van der Waals surface area contributed by atoms with Crippen LogP contribution in [0.25, 0.3) is 0 Å². The average molecular weight is 289 g/mol. The largest absolute Gasteiger partial charge is 0.384 e. The number of nitrogens with zero attached hydrogens (tertiary/aromatic N) is 1. The number of hydrogen-bond donors (Lipinski definition) is 1. The Bertz CT molecular complexity index is 577. The summed E-state index contributed by atoms with van der Waals surface area (Å²) in [5, 5.41) is 11.7. The fourth-order valence-electron chi connectivity index (χ4n) is 5.18. The van der Waals surface area contributed by atoms with E-state index in [1.54, 1.807) is 6.07 Å². The predicted molar refractivity (Wildman–Crippen MR) is 80.4 cm³/mol. The number of fused-ring (bicyclic) bond motifs is 4. The molecule has 21 heavy (non-hydrogen) atoms. The van der Waals surface area contributed by atoms with Gasteiger partial charge in [0.05, 0.1) is 5.60 Å². The van der Waals surface area contributed by atoms with Gasteiger partial charge in [0, 0.05) is 17.9 Å². The smallest absolute Gasteiger partial charge is 0.126 e. The molecular formula is C18H24FNO. The van der Waals surface area contributed by atoms with Crippen LogP contribution in [0.5, 0.6) is 0 Å². The lowest BCUT2D eigenvalue weighted by atomic mass is 9.61. The third kappa shape index (κ3) is 1.71. The Kier molecular flexibility index (Phi) is 2.81. The zero-order valence-electron chi connectivity index (χ0n) is 12.9. The minimum absolute atomic E-state index is 0.155. The van der Waals surface area contributed by atoms with Crippen LogP contribution in [0.1, 0.15) is 37.8 Å². The molecule has 2 bridgehead atoms. The Labute approximate surface area is 126 Å². The SMILES string of the molecule is CC1(C)Cc2c(F)cccc2C1(O)C1CN2CCC1CC2. The minimum atomic E-state index is -0.895. The first-order valence-corrected chi connectivity index (χ1v) is 8.16. The Morgan fingerprint density at radius 1 is 1.24 bits per heavy atom. The highest BCUT2D eigenvalue weighted by molar-refractivity contribution is 5.42. The first-order chi connectivity index (χ1) is 9.93. The van der Waals surface area contributed by atoms with Crippen LogP contribution in [0.4, 0.5) is 4.39 Å². The van der Waals surface area contributed by atoms with Crippen molar-refractivity contribution in [3.05, 3.63) is 35.1 Å². The summed E-state index contributed by atoms with van der Waals surface area (Å²) in [5.41, 5.74) is 0.391. The van der Waals surface area contributed by atoms with Gasteiger partial charge in [0.1, 0.15) is 5.82 Å². The molecule has 3 aliphatic heterocycles. The van der Waals surface area contributed by atoms with Gasteiger partial charge in [-0.25, -0.2) is 4.39 Å². The molecule has 0 spiro atoms. The third-order valence-corrected chi connectivity index (χ3v) is 6.37. The van der Waals surface area contributed by atoms with E-state index < -0.39 is 5.60 Å². The number of rotatable bonds is 1. The molecule has 3 saturated heterocycles. The van der Waals surface area contributed by atoms with E-state index in [-0.39, 0.29) is 17.2 Å². The van der Waals surface area contributed by atoms with Gasteiger partial charge >= 0.3 is 0 Å². The van der Waals surface area contributed by atoms with Crippen LogP contribution in [0.15, 0.2) is 18.2 Å². The minimum Gasteiger partial charge on any atom is -0.384 e. The van der Waals surface area contributed by atoms with E-state index in [1.165, 1.54) is 18.9 Å². The molecule has 2 atom stereocenters. The molecule has 3 heteroatoms. The van der Waals surface area contributed by atoms with Crippen LogP contribution in [-0.2, 0) is 12.0 Å². The Hall–Kier alpha value is -0.930. The van der Waals surface area contributed by atoms with E-state index in [2.05, 4.69) is 18.7 Å². The second-order valence-electron chi connectivity index (χ2n) is 7.84. The first-order valence-electron chi connectivity index (χ1n) is 8.16. The van der Waals surface area contributed by atoms with E-state index in [9.17, 15) is 9.50 Å². The van der Waals surface area contributed by atoms with E-state index in [0.29, 0.717) is 12.3 Å². The summed E-state index contributed by atoms with van der Waals surface area (Å²) in [4.78, 5) is 2.47. The quantitative estimate of drug-likeness (QED) is 0.859. The number of halogens is 1. The van der Waals surface area contributed by atoms with Crippen molar-refractivity contribution in [1.29, 1.82) is 0 Å². The van der Waals surface area contributed by atoms with E-state index in [1.807, 2.05) is 6.07 Å². The van der Waals surface area contributed by atoms with Gasteiger partial charge in [-0.2, -0.15) is 0 Å². The topological polar surface area (TPSA) is 23.5 Å². The van der Waals surface area contributed by atoms with Crippen molar-refractivity contribution in [3.63, 3.8) is 0 Å². The van der Waals surface area contributed by atoms with Gasteiger partial charge in [-0.3, -0.25) is 0 Å². The highest BCUT2D eigenvalue weighted by Crippen LogP contribution is 2.58. The third-order valence-electron chi connectivity index (χ3n) is 6.37. The molecule has 3 fully saturated rings. The summed E-state index contributed by atoms with van der Waals surface area (Å²) in [5.74, 6) is 0.657. The van der Waals surface area contributed by atoms with Gasteiger partial charge < -0.3 is 10.0 Å². The molecule has 4 aliphatic rings. The molecule has 1 N–H and O–H groups in total. The maximum atomic E-state index is 14.2. The van der Waals surface area contributed by atoms with Crippen molar-refractivity contribution in [2.24, 2.45) is 17.3 Å².